The first-order chi connectivity index (χ1) is 9.54. The number of nitrogens with two attached hydrogens (primary N) is 1. The molecule has 0 spiro atoms. The van der Waals surface area contributed by atoms with Gasteiger partial charge in [0.2, 0.25) is 0 Å². The predicted octanol–water partition coefficient (Wildman–Crippen LogP) is 2.20. The lowest BCUT2D eigenvalue weighted by Gasteiger charge is -2.29. The molecule has 6 heteroatoms. The van der Waals surface area contributed by atoms with Gasteiger partial charge in [0.25, 0.3) is 5.91 Å². The van der Waals surface area contributed by atoms with E-state index in [2.05, 4.69) is 11.9 Å². The summed E-state index contributed by atoms with van der Waals surface area (Å²) >= 11 is 5.94. The highest BCUT2D eigenvalue weighted by Crippen LogP contribution is 2.35. The topological polar surface area (TPSA) is 68.5 Å². The molecule has 2 N–H and O–H groups in total. The van der Waals surface area contributed by atoms with Gasteiger partial charge in [-0.15, -0.1) is 0 Å². The molecule has 1 fully saturated rings. The van der Waals surface area contributed by atoms with Crippen molar-refractivity contribution in [2.45, 2.75) is 25.8 Å². The first-order valence-corrected chi connectivity index (χ1v) is 7.13. The SMILES string of the molecule is COCCN(C(=O)c1cnc(N)c(Cl)c1)C(C)C1CC1. The summed E-state index contributed by atoms with van der Waals surface area (Å²) in [6, 6.07) is 1.78. The molecule has 0 aliphatic heterocycles. The third-order valence-corrected chi connectivity index (χ3v) is 4.01. The van der Waals surface area contributed by atoms with Crippen molar-refractivity contribution in [3.8, 4) is 0 Å². The van der Waals surface area contributed by atoms with Gasteiger partial charge >= 0.3 is 0 Å². The van der Waals surface area contributed by atoms with Crippen molar-refractivity contribution in [2.24, 2.45) is 5.92 Å². The summed E-state index contributed by atoms with van der Waals surface area (Å²) < 4.78 is 5.10. The molecule has 1 aliphatic rings. The number of methoxy groups -OCH3 is 1. The van der Waals surface area contributed by atoms with Crippen molar-refractivity contribution in [1.29, 1.82) is 0 Å². The zero-order valence-corrected chi connectivity index (χ0v) is 12.6. The maximum atomic E-state index is 12.6. The van der Waals surface area contributed by atoms with Gasteiger partial charge in [0, 0.05) is 25.9 Å². The fourth-order valence-corrected chi connectivity index (χ4v) is 2.41. The number of amides is 1. The summed E-state index contributed by atoms with van der Waals surface area (Å²) in [5, 5.41) is 0.307. The van der Waals surface area contributed by atoms with Gasteiger partial charge in [-0.3, -0.25) is 4.79 Å². The molecule has 5 nitrogen and oxygen atoms in total. The van der Waals surface area contributed by atoms with Crippen molar-refractivity contribution in [1.82, 2.24) is 9.88 Å². The Kier molecular flexibility index (Phi) is 4.83. The third kappa shape index (κ3) is 3.41. The van der Waals surface area contributed by atoms with Gasteiger partial charge in [-0.05, 0) is 31.7 Å². The molecule has 2 rings (SSSR count). The number of halogens is 1. The molecule has 1 unspecified atom stereocenters. The van der Waals surface area contributed by atoms with E-state index in [0.29, 0.717) is 29.7 Å². The Morgan fingerprint density at radius 2 is 2.35 bits per heavy atom. The molecule has 110 valence electrons. The molecule has 1 saturated carbocycles. The van der Waals surface area contributed by atoms with Crippen LogP contribution >= 0.6 is 11.6 Å². The van der Waals surface area contributed by atoms with E-state index in [1.54, 1.807) is 13.2 Å². The predicted molar refractivity (Wildman–Crippen MR) is 78.8 cm³/mol. The molecule has 1 atom stereocenters. The summed E-state index contributed by atoms with van der Waals surface area (Å²) in [5.74, 6) is 0.755. The summed E-state index contributed by atoms with van der Waals surface area (Å²) in [7, 11) is 1.63. The zero-order valence-electron chi connectivity index (χ0n) is 11.8. The largest absolute Gasteiger partial charge is 0.383 e. The molecular formula is C14H20ClN3O2. The molecule has 0 aromatic carbocycles. The molecule has 1 amide bonds. The Morgan fingerprint density at radius 1 is 1.65 bits per heavy atom. The van der Waals surface area contributed by atoms with Crippen LogP contribution in [0.5, 0.6) is 0 Å². The van der Waals surface area contributed by atoms with Gasteiger partial charge < -0.3 is 15.4 Å². The number of pyridine rings is 1. The first-order valence-electron chi connectivity index (χ1n) is 6.75. The summed E-state index contributed by atoms with van der Waals surface area (Å²) in [5.41, 5.74) is 6.04. The summed E-state index contributed by atoms with van der Waals surface area (Å²) in [6.45, 7) is 3.16. The number of nitrogens with zero attached hydrogens (tertiary/aromatic N) is 2. The smallest absolute Gasteiger partial charge is 0.255 e. The normalized spacial score (nSPS) is 15.9. The highest BCUT2D eigenvalue weighted by molar-refractivity contribution is 6.33. The molecule has 1 aromatic heterocycles. The van der Waals surface area contributed by atoms with E-state index in [1.165, 1.54) is 19.0 Å². The molecule has 0 bridgehead atoms. The highest BCUT2D eigenvalue weighted by atomic mass is 35.5. The third-order valence-electron chi connectivity index (χ3n) is 3.71. The molecule has 0 radical (unpaired) electrons. The second-order valence-electron chi connectivity index (χ2n) is 5.16. The maximum absolute atomic E-state index is 12.6. The molecular weight excluding hydrogens is 278 g/mol. The zero-order chi connectivity index (χ0) is 14.7. The molecule has 1 aliphatic carbocycles. The lowest BCUT2D eigenvalue weighted by Crippen LogP contribution is -2.42. The van der Waals surface area contributed by atoms with Crippen LogP contribution in [0.1, 0.15) is 30.1 Å². The number of anilines is 1. The fraction of sp³-hybridized carbons (Fsp3) is 0.571. The molecule has 0 saturated heterocycles. The second-order valence-corrected chi connectivity index (χ2v) is 5.57. The Morgan fingerprint density at radius 3 is 2.90 bits per heavy atom. The van der Waals surface area contributed by atoms with E-state index in [-0.39, 0.29) is 17.8 Å². The van der Waals surface area contributed by atoms with E-state index >= 15 is 0 Å². The minimum atomic E-state index is -0.0733. The van der Waals surface area contributed by atoms with Gasteiger partial charge in [-0.1, -0.05) is 11.6 Å². The van der Waals surface area contributed by atoms with Crippen LogP contribution in [0.2, 0.25) is 5.02 Å². The van der Waals surface area contributed by atoms with E-state index < -0.39 is 0 Å². The number of hydrogen-bond acceptors (Lipinski definition) is 4. The lowest BCUT2D eigenvalue weighted by atomic mass is 10.1. The van der Waals surface area contributed by atoms with E-state index in [0.717, 1.165) is 0 Å². The van der Waals surface area contributed by atoms with Crippen LogP contribution in [-0.4, -0.2) is 42.1 Å². The fourth-order valence-electron chi connectivity index (χ4n) is 2.24. The Balaban J connectivity index is 2.17. The number of aromatic nitrogens is 1. The number of carbonyl (C=O) groups is 1. The number of hydrogen-bond donors (Lipinski definition) is 1. The maximum Gasteiger partial charge on any atom is 0.255 e. The Hall–Kier alpha value is -1.33. The molecule has 1 aromatic rings. The minimum Gasteiger partial charge on any atom is -0.383 e. The highest BCUT2D eigenvalue weighted by Gasteiger charge is 2.34. The average molecular weight is 298 g/mol. The minimum absolute atomic E-state index is 0.0733. The van der Waals surface area contributed by atoms with Gasteiger partial charge in [0.15, 0.2) is 0 Å². The van der Waals surface area contributed by atoms with Gasteiger partial charge in [0.1, 0.15) is 5.82 Å². The summed E-state index contributed by atoms with van der Waals surface area (Å²) in [4.78, 5) is 18.4. The Bertz CT molecular complexity index is 491. The van der Waals surface area contributed by atoms with Gasteiger partial charge in [-0.25, -0.2) is 4.98 Å². The quantitative estimate of drug-likeness (QED) is 0.874. The number of carbonyl (C=O) groups excluding carboxylic acids is 1. The van der Waals surface area contributed by atoms with E-state index in [4.69, 9.17) is 22.1 Å². The van der Waals surface area contributed by atoms with E-state index in [9.17, 15) is 4.79 Å². The number of ether oxygens (including phenoxy) is 1. The van der Waals surface area contributed by atoms with Crippen LogP contribution in [-0.2, 0) is 4.74 Å². The van der Waals surface area contributed by atoms with Crippen molar-refractivity contribution in [3.63, 3.8) is 0 Å². The van der Waals surface area contributed by atoms with Crippen molar-refractivity contribution in [2.75, 3.05) is 26.0 Å². The second kappa shape index (κ2) is 6.41. The average Bonchev–Trinajstić information content (AvgIpc) is 3.26. The van der Waals surface area contributed by atoms with E-state index in [1.807, 2.05) is 4.90 Å². The van der Waals surface area contributed by atoms with Gasteiger partial charge in [0.05, 0.1) is 17.2 Å². The van der Waals surface area contributed by atoms with Crippen molar-refractivity contribution >= 4 is 23.3 Å². The lowest BCUT2D eigenvalue weighted by molar-refractivity contribution is 0.0594. The van der Waals surface area contributed by atoms with Crippen LogP contribution in [0, 0.1) is 5.92 Å². The van der Waals surface area contributed by atoms with Gasteiger partial charge in [-0.2, -0.15) is 0 Å². The standard InChI is InChI=1S/C14H20ClN3O2/c1-9(10-3-4-10)18(5-6-20-2)14(19)11-7-12(15)13(16)17-8-11/h7-10H,3-6H2,1-2H3,(H2,16,17). The van der Waals surface area contributed by atoms with Crippen LogP contribution in [0.3, 0.4) is 0 Å². The molecule has 1 heterocycles. The Labute approximate surface area is 124 Å². The summed E-state index contributed by atoms with van der Waals surface area (Å²) in [6.07, 6.45) is 3.83. The molecule has 20 heavy (non-hydrogen) atoms. The van der Waals surface area contributed by atoms with Crippen molar-refractivity contribution < 1.29 is 9.53 Å². The monoisotopic (exact) mass is 297 g/mol. The van der Waals surface area contributed by atoms with Crippen LogP contribution < -0.4 is 5.73 Å². The number of nitrogen functional groups attached to an aromatic ring is 1. The first kappa shape index (κ1) is 15.1. The number of rotatable bonds is 6. The van der Waals surface area contributed by atoms with Crippen LogP contribution in [0.4, 0.5) is 5.82 Å². The van der Waals surface area contributed by atoms with Crippen LogP contribution in [0.25, 0.3) is 0 Å². The van der Waals surface area contributed by atoms with Crippen LogP contribution in [0.15, 0.2) is 12.3 Å². The van der Waals surface area contributed by atoms with Crippen molar-refractivity contribution in [3.05, 3.63) is 22.8 Å².